The molecule has 1 aliphatic heterocycles. The first-order valence-electron chi connectivity index (χ1n) is 11.3. The van der Waals surface area contributed by atoms with Gasteiger partial charge in [0.2, 0.25) is 0 Å². The molecular weight excluding hydrogens is 490 g/mol. The van der Waals surface area contributed by atoms with Gasteiger partial charge in [0, 0.05) is 17.0 Å². The van der Waals surface area contributed by atoms with Crippen molar-refractivity contribution >= 4 is 40.5 Å². The number of rotatable bonds is 8. The lowest BCUT2D eigenvalue weighted by molar-refractivity contribution is -0.113. The molecule has 2 N–H and O–H groups in total. The Balaban J connectivity index is 1.71. The second kappa shape index (κ2) is 11.3. The van der Waals surface area contributed by atoms with E-state index >= 15 is 0 Å². The predicted molar refractivity (Wildman–Crippen MR) is 145 cm³/mol. The summed E-state index contributed by atoms with van der Waals surface area (Å²) in [5.41, 5.74) is 3.91. The molecule has 0 spiro atoms. The van der Waals surface area contributed by atoms with Crippen LogP contribution in [-0.4, -0.2) is 24.6 Å². The standard InChI is InChI=1S/C28H25N3O3S2/c1-17-7-4-5-8-22(17)31-27(33)25-18(2)30-28(36-16-23(32)24-9-6-14-35-24)21(15-29)26(25)19-10-12-20(34-3)13-11-19/h4-14,26,30H,16H2,1-3H3,(H,31,33)/t26-/m1/s1. The number of nitrogens with one attached hydrogen (secondary N) is 2. The van der Waals surface area contributed by atoms with Gasteiger partial charge in [-0.2, -0.15) is 5.26 Å². The molecule has 2 aromatic carbocycles. The highest BCUT2D eigenvalue weighted by Gasteiger charge is 2.35. The van der Waals surface area contributed by atoms with Crippen LogP contribution in [0.5, 0.6) is 5.75 Å². The van der Waals surface area contributed by atoms with Crippen molar-refractivity contribution in [3.05, 3.63) is 104 Å². The fourth-order valence-electron chi connectivity index (χ4n) is 4.01. The number of allylic oxidation sites excluding steroid dienone is 2. The van der Waals surface area contributed by atoms with Gasteiger partial charge in [0.1, 0.15) is 5.75 Å². The van der Waals surface area contributed by atoms with E-state index in [1.807, 2.05) is 73.8 Å². The van der Waals surface area contributed by atoms with Crippen molar-refractivity contribution in [2.45, 2.75) is 19.8 Å². The van der Waals surface area contributed by atoms with Gasteiger partial charge >= 0.3 is 0 Å². The number of carbonyl (C=O) groups excluding carboxylic acids is 2. The number of thioether (sulfide) groups is 1. The minimum absolute atomic E-state index is 0.00712. The number of ketones is 1. The molecule has 0 saturated carbocycles. The van der Waals surface area contributed by atoms with Crippen molar-refractivity contribution in [1.29, 1.82) is 5.26 Å². The highest BCUT2D eigenvalue weighted by atomic mass is 32.2. The molecule has 0 unspecified atom stereocenters. The number of thiophene rings is 1. The number of hydrogen-bond acceptors (Lipinski definition) is 7. The second-order valence-corrected chi connectivity index (χ2v) is 10.1. The summed E-state index contributed by atoms with van der Waals surface area (Å²) < 4.78 is 5.30. The molecule has 0 fully saturated rings. The van der Waals surface area contributed by atoms with E-state index < -0.39 is 5.92 Å². The zero-order chi connectivity index (χ0) is 25.7. The SMILES string of the molecule is COc1ccc([C@@H]2C(C#N)=C(SCC(=O)c3cccs3)NC(C)=C2C(=O)Nc2ccccc2C)cc1. The molecule has 0 bridgehead atoms. The molecule has 4 rings (SSSR count). The monoisotopic (exact) mass is 515 g/mol. The van der Waals surface area contributed by atoms with Crippen LogP contribution in [0.1, 0.15) is 33.6 Å². The Bertz CT molecular complexity index is 1380. The summed E-state index contributed by atoms with van der Waals surface area (Å²) in [4.78, 5) is 26.9. The molecule has 0 radical (unpaired) electrons. The number of hydrogen-bond donors (Lipinski definition) is 2. The van der Waals surface area contributed by atoms with Crippen LogP contribution in [0.3, 0.4) is 0 Å². The summed E-state index contributed by atoms with van der Waals surface area (Å²) in [6.45, 7) is 3.75. The predicted octanol–water partition coefficient (Wildman–Crippen LogP) is 6.02. The third-order valence-corrected chi connectivity index (χ3v) is 7.81. The third kappa shape index (κ3) is 5.38. The summed E-state index contributed by atoms with van der Waals surface area (Å²) >= 11 is 2.67. The molecular formula is C28H25N3O3S2. The van der Waals surface area contributed by atoms with Crippen LogP contribution >= 0.6 is 23.1 Å². The first-order chi connectivity index (χ1) is 17.4. The number of carbonyl (C=O) groups is 2. The summed E-state index contributed by atoms with van der Waals surface area (Å²) in [6, 6.07) is 20.8. The fourth-order valence-corrected chi connectivity index (χ4v) is 5.74. The van der Waals surface area contributed by atoms with Crippen molar-refractivity contribution in [2.24, 2.45) is 0 Å². The molecule has 1 atom stereocenters. The zero-order valence-corrected chi connectivity index (χ0v) is 21.8. The molecule has 3 aromatic rings. The van der Waals surface area contributed by atoms with Crippen molar-refractivity contribution < 1.29 is 14.3 Å². The van der Waals surface area contributed by atoms with Crippen molar-refractivity contribution in [3.63, 3.8) is 0 Å². The number of aryl methyl sites for hydroxylation is 1. The molecule has 0 aliphatic carbocycles. The summed E-state index contributed by atoms with van der Waals surface area (Å²) in [5.74, 6) is -0.0428. The average molecular weight is 516 g/mol. The Labute approximate surface area is 218 Å². The molecule has 2 heterocycles. The molecule has 0 saturated heterocycles. The number of para-hydroxylation sites is 1. The van der Waals surface area contributed by atoms with Gasteiger partial charge in [0.05, 0.1) is 40.3 Å². The van der Waals surface area contributed by atoms with Crippen LogP contribution in [0, 0.1) is 18.3 Å². The van der Waals surface area contributed by atoms with Gasteiger partial charge in [-0.3, -0.25) is 9.59 Å². The van der Waals surface area contributed by atoms with Crippen molar-refractivity contribution in [3.8, 4) is 11.8 Å². The smallest absolute Gasteiger partial charge is 0.254 e. The molecule has 182 valence electrons. The van der Waals surface area contributed by atoms with Crippen LogP contribution in [0.15, 0.2) is 87.9 Å². The Kier molecular flexibility index (Phi) is 7.93. The first kappa shape index (κ1) is 25.3. The van der Waals surface area contributed by atoms with E-state index in [2.05, 4.69) is 16.7 Å². The number of dihydropyridines is 1. The Morgan fingerprint density at radius 2 is 1.86 bits per heavy atom. The van der Waals surface area contributed by atoms with Crippen LogP contribution in [-0.2, 0) is 4.79 Å². The Morgan fingerprint density at radius 1 is 1.11 bits per heavy atom. The molecule has 6 nitrogen and oxygen atoms in total. The Morgan fingerprint density at radius 3 is 2.50 bits per heavy atom. The topological polar surface area (TPSA) is 91.2 Å². The normalized spacial score (nSPS) is 15.2. The minimum atomic E-state index is -0.606. The highest BCUT2D eigenvalue weighted by molar-refractivity contribution is 8.03. The number of methoxy groups -OCH3 is 1. The summed E-state index contributed by atoms with van der Waals surface area (Å²) in [6.07, 6.45) is 0. The quantitative estimate of drug-likeness (QED) is 0.357. The maximum Gasteiger partial charge on any atom is 0.254 e. The maximum absolute atomic E-state index is 13.6. The lowest BCUT2D eigenvalue weighted by atomic mass is 9.82. The van der Waals surface area contributed by atoms with Gasteiger partial charge in [-0.25, -0.2) is 0 Å². The van der Waals surface area contributed by atoms with Crippen molar-refractivity contribution in [2.75, 3.05) is 18.2 Å². The number of nitrogens with zero attached hydrogens (tertiary/aromatic N) is 1. The van der Waals surface area contributed by atoms with E-state index in [4.69, 9.17) is 4.74 Å². The van der Waals surface area contributed by atoms with E-state index in [0.29, 0.717) is 38.2 Å². The van der Waals surface area contributed by atoms with Gasteiger partial charge < -0.3 is 15.4 Å². The van der Waals surface area contributed by atoms with Gasteiger partial charge in [0.25, 0.3) is 5.91 Å². The average Bonchev–Trinajstić information content (AvgIpc) is 3.43. The lowest BCUT2D eigenvalue weighted by Gasteiger charge is -2.30. The van der Waals surface area contributed by atoms with Crippen molar-refractivity contribution in [1.82, 2.24) is 5.32 Å². The van der Waals surface area contributed by atoms with E-state index in [1.54, 1.807) is 13.2 Å². The number of anilines is 1. The number of amides is 1. The number of Topliss-reactive ketones (excluding diaryl/α,β-unsaturated/α-hetero) is 1. The molecule has 1 amide bonds. The summed E-state index contributed by atoms with van der Waals surface area (Å²) in [7, 11) is 1.59. The molecule has 1 aliphatic rings. The largest absolute Gasteiger partial charge is 0.497 e. The number of benzene rings is 2. The van der Waals surface area contributed by atoms with Gasteiger partial charge in [-0.1, -0.05) is 48.2 Å². The van der Waals surface area contributed by atoms with E-state index in [-0.39, 0.29) is 17.4 Å². The molecule has 8 heteroatoms. The first-order valence-corrected chi connectivity index (χ1v) is 13.1. The van der Waals surface area contributed by atoms with Gasteiger partial charge in [0.15, 0.2) is 5.78 Å². The number of ether oxygens (including phenoxy) is 1. The third-order valence-electron chi connectivity index (χ3n) is 5.88. The minimum Gasteiger partial charge on any atom is -0.497 e. The fraction of sp³-hybridized carbons (Fsp3) is 0.179. The van der Waals surface area contributed by atoms with Gasteiger partial charge in [-0.15, -0.1) is 11.3 Å². The number of nitriles is 1. The lowest BCUT2D eigenvalue weighted by Crippen LogP contribution is -2.31. The van der Waals surface area contributed by atoms with E-state index in [9.17, 15) is 14.9 Å². The second-order valence-electron chi connectivity index (χ2n) is 8.18. The summed E-state index contributed by atoms with van der Waals surface area (Å²) in [5, 5.41) is 18.9. The van der Waals surface area contributed by atoms with E-state index in [1.165, 1.54) is 23.1 Å². The molecule has 1 aromatic heterocycles. The highest BCUT2D eigenvalue weighted by Crippen LogP contribution is 2.41. The van der Waals surface area contributed by atoms with Crippen LogP contribution in [0.2, 0.25) is 0 Å². The van der Waals surface area contributed by atoms with E-state index in [0.717, 1.165) is 11.1 Å². The molecule has 36 heavy (non-hydrogen) atoms. The van der Waals surface area contributed by atoms with Crippen LogP contribution < -0.4 is 15.4 Å². The Hall–Kier alpha value is -3.80. The van der Waals surface area contributed by atoms with Crippen LogP contribution in [0.4, 0.5) is 5.69 Å². The maximum atomic E-state index is 13.6. The van der Waals surface area contributed by atoms with Crippen LogP contribution in [0.25, 0.3) is 0 Å². The zero-order valence-electron chi connectivity index (χ0n) is 20.1. The van der Waals surface area contributed by atoms with Gasteiger partial charge in [-0.05, 0) is 54.6 Å².